The van der Waals surface area contributed by atoms with Crippen molar-refractivity contribution in [1.82, 2.24) is 29.8 Å². The third-order valence-corrected chi connectivity index (χ3v) is 2.30. The molecule has 0 radical (unpaired) electrons. The average molecular weight is 276 g/mol. The number of carboxylic acid groups (broad SMARTS) is 1. The Hall–Kier alpha value is -2.46. The number of hydrogen-bond donors (Lipinski definition) is 1. The SMILES string of the molecule is Cn1cnnc1Cn1nnc(C(=O)O)c1C(F)(F)F. The summed E-state index contributed by atoms with van der Waals surface area (Å²) in [6, 6.07) is 0. The van der Waals surface area contributed by atoms with Gasteiger partial charge >= 0.3 is 12.1 Å². The van der Waals surface area contributed by atoms with Crippen LogP contribution in [0, 0.1) is 0 Å². The van der Waals surface area contributed by atoms with Crippen molar-refractivity contribution < 1.29 is 23.1 Å². The quantitative estimate of drug-likeness (QED) is 0.858. The van der Waals surface area contributed by atoms with Gasteiger partial charge in [0.1, 0.15) is 12.9 Å². The fourth-order valence-corrected chi connectivity index (χ4v) is 1.43. The number of aromatic nitrogens is 6. The summed E-state index contributed by atoms with van der Waals surface area (Å²) < 4.78 is 40.3. The minimum atomic E-state index is -4.88. The molecule has 2 aromatic heterocycles. The summed E-state index contributed by atoms with van der Waals surface area (Å²) in [6.45, 7) is -0.383. The highest BCUT2D eigenvalue weighted by atomic mass is 19.4. The maximum Gasteiger partial charge on any atom is 0.435 e. The van der Waals surface area contributed by atoms with E-state index in [2.05, 4.69) is 20.5 Å². The first kappa shape index (κ1) is 13.0. The van der Waals surface area contributed by atoms with Crippen molar-refractivity contribution in [3.8, 4) is 0 Å². The van der Waals surface area contributed by atoms with E-state index in [-0.39, 0.29) is 12.4 Å². The zero-order chi connectivity index (χ0) is 14.2. The fourth-order valence-electron chi connectivity index (χ4n) is 1.43. The van der Waals surface area contributed by atoms with Gasteiger partial charge in [-0.25, -0.2) is 9.48 Å². The number of nitrogens with zero attached hydrogens (tertiary/aromatic N) is 6. The van der Waals surface area contributed by atoms with Gasteiger partial charge in [-0.1, -0.05) is 5.21 Å². The molecule has 0 aliphatic heterocycles. The van der Waals surface area contributed by atoms with E-state index in [4.69, 9.17) is 5.11 Å². The first-order valence-corrected chi connectivity index (χ1v) is 4.87. The summed E-state index contributed by atoms with van der Waals surface area (Å²) >= 11 is 0. The Bertz CT molecular complexity index is 616. The van der Waals surface area contributed by atoms with Crippen LogP contribution in [0.5, 0.6) is 0 Å². The molecule has 0 amide bonds. The summed E-state index contributed by atoms with van der Waals surface area (Å²) in [5, 5.41) is 22.0. The zero-order valence-electron chi connectivity index (χ0n) is 9.46. The fraction of sp³-hybridized carbons (Fsp3) is 0.375. The van der Waals surface area contributed by atoms with Crippen LogP contribution >= 0.6 is 0 Å². The van der Waals surface area contributed by atoms with Crippen LogP contribution in [0.4, 0.5) is 13.2 Å². The van der Waals surface area contributed by atoms with Gasteiger partial charge in [0, 0.05) is 7.05 Å². The van der Waals surface area contributed by atoms with E-state index in [1.807, 2.05) is 0 Å². The number of aryl methyl sites for hydroxylation is 1. The van der Waals surface area contributed by atoms with Gasteiger partial charge in [0.15, 0.2) is 11.5 Å². The topological polar surface area (TPSA) is 98.7 Å². The van der Waals surface area contributed by atoms with E-state index in [0.717, 1.165) is 0 Å². The van der Waals surface area contributed by atoms with E-state index < -0.39 is 23.5 Å². The van der Waals surface area contributed by atoms with Crippen molar-refractivity contribution >= 4 is 5.97 Å². The monoisotopic (exact) mass is 276 g/mol. The second kappa shape index (κ2) is 4.33. The van der Waals surface area contributed by atoms with E-state index in [0.29, 0.717) is 4.68 Å². The first-order chi connectivity index (χ1) is 8.80. The van der Waals surface area contributed by atoms with Gasteiger partial charge in [-0.3, -0.25) is 0 Å². The molecule has 11 heteroatoms. The second-order valence-corrected chi connectivity index (χ2v) is 3.61. The summed E-state index contributed by atoms with van der Waals surface area (Å²) in [5.41, 5.74) is -2.57. The number of carbonyl (C=O) groups is 1. The molecule has 0 spiro atoms. The number of carboxylic acids is 1. The summed E-state index contributed by atoms with van der Waals surface area (Å²) in [7, 11) is 1.54. The molecule has 2 rings (SSSR count). The predicted molar refractivity (Wildman–Crippen MR) is 52.1 cm³/mol. The van der Waals surface area contributed by atoms with Gasteiger partial charge in [-0.2, -0.15) is 13.2 Å². The van der Waals surface area contributed by atoms with Crippen molar-refractivity contribution in [1.29, 1.82) is 0 Å². The van der Waals surface area contributed by atoms with Crippen LogP contribution in [0.3, 0.4) is 0 Å². The average Bonchev–Trinajstić information content (AvgIpc) is 2.85. The van der Waals surface area contributed by atoms with Crippen molar-refractivity contribution in [3.63, 3.8) is 0 Å². The molecule has 0 saturated carbocycles. The van der Waals surface area contributed by atoms with Crippen LogP contribution in [0.25, 0.3) is 0 Å². The maximum absolute atomic E-state index is 12.8. The summed E-state index contributed by atoms with van der Waals surface area (Å²) in [6.07, 6.45) is -3.58. The van der Waals surface area contributed by atoms with Gasteiger partial charge in [0.2, 0.25) is 5.69 Å². The van der Waals surface area contributed by atoms with E-state index >= 15 is 0 Å². The highest BCUT2D eigenvalue weighted by molar-refractivity contribution is 5.86. The minimum Gasteiger partial charge on any atom is -0.476 e. The lowest BCUT2D eigenvalue weighted by Gasteiger charge is -2.09. The Morgan fingerprint density at radius 1 is 1.42 bits per heavy atom. The van der Waals surface area contributed by atoms with Gasteiger partial charge < -0.3 is 9.67 Å². The van der Waals surface area contributed by atoms with Crippen LogP contribution in [0.15, 0.2) is 6.33 Å². The molecule has 0 atom stereocenters. The van der Waals surface area contributed by atoms with E-state index in [1.54, 1.807) is 0 Å². The van der Waals surface area contributed by atoms with E-state index in [9.17, 15) is 18.0 Å². The molecule has 0 fully saturated rings. The number of halogens is 3. The molecule has 0 unspecified atom stereocenters. The Morgan fingerprint density at radius 3 is 2.58 bits per heavy atom. The lowest BCUT2D eigenvalue weighted by Crippen LogP contribution is -2.20. The smallest absolute Gasteiger partial charge is 0.435 e. The highest BCUT2D eigenvalue weighted by Crippen LogP contribution is 2.31. The molecule has 102 valence electrons. The zero-order valence-corrected chi connectivity index (χ0v) is 9.46. The highest BCUT2D eigenvalue weighted by Gasteiger charge is 2.41. The van der Waals surface area contributed by atoms with Crippen LogP contribution in [-0.2, 0) is 19.8 Å². The van der Waals surface area contributed by atoms with Crippen LogP contribution < -0.4 is 0 Å². The maximum atomic E-state index is 12.8. The molecule has 0 aliphatic rings. The number of hydrogen-bond acceptors (Lipinski definition) is 5. The van der Waals surface area contributed by atoms with Crippen molar-refractivity contribution in [2.75, 3.05) is 0 Å². The Kier molecular flexibility index (Phi) is 2.96. The van der Waals surface area contributed by atoms with Gasteiger partial charge in [-0.05, 0) is 0 Å². The Labute approximate surface area is 103 Å². The lowest BCUT2D eigenvalue weighted by molar-refractivity contribution is -0.144. The van der Waals surface area contributed by atoms with Crippen LogP contribution in [0.2, 0.25) is 0 Å². The molecule has 0 bridgehead atoms. The normalized spacial score (nSPS) is 11.8. The molecule has 1 N–H and O–H groups in total. The largest absolute Gasteiger partial charge is 0.476 e. The molecule has 0 aliphatic carbocycles. The molecule has 2 aromatic rings. The molecular formula is C8H7F3N6O2. The summed E-state index contributed by atoms with van der Waals surface area (Å²) in [5.74, 6) is -1.61. The van der Waals surface area contributed by atoms with Crippen molar-refractivity contribution in [2.45, 2.75) is 12.7 Å². The molecular weight excluding hydrogens is 269 g/mol. The lowest BCUT2D eigenvalue weighted by atomic mass is 10.3. The molecule has 0 saturated heterocycles. The molecule has 0 aromatic carbocycles. The molecule has 8 nitrogen and oxygen atoms in total. The molecule has 2 heterocycles. The van der Waals surface area contributed by atoms with Crippen molar-refractivity contribution in [3.05, 3.63) is 23.5 Å². The van der Waals surface area contributed by atoms with Crippen LogP contribution in [-0.4, -0.2) is 40.8 Å². The number of aromatic carboxylic acids is 1. The van der Waals surface area contributed by atoms with Crippen molar-refractivity contribution in [2.24, 2.45) is 7.05 Å². The van der Waals surface area contributed by atoms with Gasteiger partial charge in [-0.15, -0.1) is 15.3 Å². The second-order valence-electron chi connectivity index (χ2n) is 3.61. The van der Waals surface area contributed by atoms with E-state index in [1.165, 1.54) is 17.9 Å². The third kappa shape index (κ3) is 2.39. The minimum absolute atomic E-state index is 0.187. The third-order valence-electron chi connectivity index (χ3n) is 2.30. The van der Waals surface area contributed by atoms with Gasteiger partial charge in [0.05, 0.1) is 0 Å². The Morgan fingerprint density at radius 2 is 2.11 bits per heavy atom. The standard InChI is InChI=1S/C8H7F3N6O2/c1-16-3-12-13-4(16)2-17-6(8(9,10)11)5(7(18)19)14-15-17/h3H,2H2,1H3,(H,18,19). The van der Waals surface area contributed by atoms with Crippen LogP contribution in [0.1, 0.15) is 22.0 Å². The molecule has 19 heavy (non-hydrogen) atoms. The first-order valence-electron chi connectivity index (χ1n) is 4.87. The predicted octanol–water partition coefficient (Wildman–Crippen LogP) is 0.172. The number of alkyl halides is 3. The number of rotatable bonds is 3. The Balaban J connectivity index is 2.47. The van der Waals surface area contributed by atoms with Gasteiger partial charge in [0.25, 0.3) is 0 Å². The summed E-state index contributed by atoms with van der Waals surface area (Å²) in [4.78, 5) is 10.7.